The Morgan fingerprint density at radius 2 is 1.55 bits per heavy atom. The minimum Gasteiger partial charge on any atom is -0.465 e. The maximum absolute atomic E-state index is 12.6. The van der Waals surface area contributed by atoms with Gasteiger partial charge in [-0.05, 0) is 48.5 Å². The summed E-state index contributed by atoms with van der Waals surface area (Å²) in [6.45, 7) is 1.67. The Bertz CT molecular complexity index is 938. The standard InChI is InChI=1S/C21H21N3O5/c1-13(25)22-16-5-7-17(8-6-16)23-20(27)15-11-19(26)24(12-15)18-9-3-14(4-10-18)21(28)29-2/h3-10,15H,11-12H2,1-2H3,(H,22,25)(H,23,27). The third kappa shape index (κ3) is 4.78. The number of amides is 3. The highest BCUT2D eigenvalue weighted by atomic mass is 16.5. The Morgan fingerprint density at radius 1 is 0.966 bits per heavy atom. The molecule has 1 unspecified atom stereocenters. The van der Waals surface area contributed by atoms with E-state index in [2.05, 4.69) is 15.4 Å². The summed E-state index contributed by atoms with van der Waals surface area (Å²) in [7, 11) is 1.30. The predicted octanol–water partition coefficient (Wildman–Crippen LogP) is 2.42. The second-order valence-corrected chi connectivity index (χ2v) is 6.69. The Hall–Kier alpha value is -3.68. The zero-order valence-electron chi connectivity index (χ0n) is 16.1. The molecule has 0 aromatic heterocycles. The number of hydrogen-bond acceptors (Lipinski definition) is 5. The molecule has 3 amide bonds. The zero-order valence-corrected chi connectivity index (χ0v) is 16.1. The van der Waals surface area contributed by atoms with Crippen LogP contribution in [0.5, 0.6) is 0 Å². The summed E-state index contributed by atoms with van der Waals surface area (Å²) in [5, 5.41) is 5.45. The van der Waals surface area contributed by atoms with Gasteiger partial charge in [0.1, 0.15) is 0 Å². The van der Waals surface area contributed by atoms with Crippen LogP contribution < -0.4 is 15.5 Å². The van der Waals surface area contributed by atoms with Crippen LogP contribution in [-0.4, -0.2) is 37.3 Å². The van der Waals surface area contributed by atoms with E-state index in [0.717, 1.165) is 0 Å². The van der Waals surface area contributed by atoms with E-state index in [4.69, 9.17) is 0 Å². The van der Waals surface area contributed by atoms with E-state index in [1.807, 2.05) is 0 Å². The quantitative estimate of drug-likeness (QED) is 0.757. The number of ether oxygens (including phenoxy) is 1. The average Bonchev–Trinajstić information content (AvgIpc) is 3.10. The molecule has 2 aromatic rings. The van der Waals surface area contributed by atoms with Crippen molar-refractivity contribution in [3.8, 4) is 0 Å². The number of nitrogens with zero attached hydrogens (tertiary/aromatic N) is 1. The third-order valence-corrected chi connectivity index (χ3v) is 4.57. The highest BCUT2D eigenvalue weighted by molar-refractivity contribution is 6.03. The van der Waals surface area contributed by atoms with E-state index >= 15 is 0 Å². The number of anilines is 3. The van der Waals surface area contributed by atoms with Crippen LogP contribution in [0.2, 0.25) is 0 Å². The average molecular weight is 395 g/mol. The first-order chi connectivity index (χ1) is 13.9. The number of rotatable bonds is 5. The number of carbonyl (C=O) groups is 4. The highest BCUT2D eigenvalue weighted by Crippen LogP contribution is 2.26. The summed E-state index contributed by atoms with van der Waals surface area (Å²) in [6.07, 6.45) is 0.106. The van der Waals surface area contributed by atoms with Gasteiger partial charge >= 0.3 is 5.97 Å². The first kappa shape index (κ1) is 20.1. The molecule has 1 atom stereocenters. The Labute approximate surface area is 167 Å². The molecule has 0 saturated carbocycles. The van der Waals surface area contributed by atoms with E-state index in [1.54, 1.807) is 48.5 Å². The number of esters is 1. The number of hydrogen-bond donors (Lipinski definition) is 2. The lowest BCUT2D eigenvalue weighted by atomic mass is 10.1. The summed E-state index contributed by atoms with van der Waals surface area (Å²) in [6, 6.07) is 13.2. The first-order valence-electron chi connectivity index (χ1n) is 9.04. The van der Waals surface area contributed by atoms with Crippen molar-refractivity contribution in [1.29, 1.82) is 0 Å². The second kappa shape index (κ2) is 8.55. The molecule has 29 heavy (non-hydrogen) atoms. The summed E-state index contributed by atoms with van der Waals surface area (Å²) in [5.74, 6) is -1.52. The number of carbonyl (C=O) groups excluding carboxylic acids is 4. The van der Waals surface area contributed by atoms with Crippen LogP contribution in [0.3, 0.4) is 0 Å². The van der Waals surface area contributed by atoms with Crippen LogP contribution in [0.25, 0.3) is 0 Å². The Kier molecular flexibility index (Phi) is 5.92. The number of benzene rings is 2. The molecule has 1 fully saturated rings. The highest BCUT2D eigenvalue weighted by Gasteiger charge is 2.35. The molecule has 0 spiro atoms. The van der Waals surface area contributed by atoms with Gasteiger partial charge in [0, 0.05) is 37.0 Å². The molecule has 8 nitrogen and oxygen atoms in total. The van der Waals surface area contributed by atoms with E-state index in [0.29, 0.717) is 22.6 Å². The number of nitrogens with one attached hydrogen (secondary N) is 2. The van der Waals surface area contributed by atoms with Crippen LogP contribution in [0.1, 0.15) is 23.7 Å². The van der Waals surface area contributed by atoms with Crippen molar-refractivity contribution in [3.63, 3.8) is 0 Å². The molecule has 2 N–H and O–H groups in total. The van der Waals surface area contributed by atoms with Crippen molar-refractivity contribution >= 4 is 40.8 Å². The molecular formula is C21H21N3O5. The maximum atomic E-state index is 12.6. The van der Waals surface area contributed by atoms with Gasteiger partial charge in [0.15, 0.2) is 0 Å². The summed E-state index contributed by atoms with van der Waals surface area (Å²) in [4.78, 5) is 49.1. The first-order valence-corrected chi connectivity index (χ1v) is 9.04. The Balaban J connectivity index is 1.62. The van der Waals surface area contributed by atoms with E-state index in [-0.39, 0.29) is 30.7 Å². The molecule has 0 bridgehead atoms. The number of methoxy groups -OCH3 is 1. The minimum absolute atomic E-state index is 0.106. The van der Waals surface area contributed by atoms with E-state index in [1.165, 1.54) is 18.9 Å². The molecule has 1 saturated heterocycles. The minimum atomic E-state index is -0.488. The fraction of sp³-hybridized carbons (Fsp3) is 0.238. The fourth-order valence-electron chi connectivity index (χ4n) is 3.11. The van der Waals surface area contributed by atoms with Gasteiger partial charge in [0.25, 0.3) is 0 Å². The monoisotopic (exact) mass is 395 g/mol. The molecule has 1 aliphatic heterocycles. The van der Waals surface area contributed by atoms with Crippen LogP contribution in [-0.2, 0) is 19.1 Å². The maximum Gasteiger partial charge on any atom is 0.337 e. The topological polar surface area (TPSA) is 105 Å². The largest absolute Gasteiger partial charge is 0.465 e. The van der Waals surface area contributed by atoms with E-state index < -0.39 is 11.9 Å². The van der Waals surface area contributed by atoms with Gasteiger partial charge < -0.3 is 20.3 Å². The molecule has 0 aliphatic carbocycles. The van der Waals surface area contributed by atoms with Crippen molar-refractivity contribution in [2.24, 2.45) is 5.92 Å². The molecule has 150 valence electrons. The molecule has 3 rings (SSSR count). The third-order valence-electron chi connectivity index (χ3n) is 4.57. The lowest BCUT2D eigenvalue weighted by molar-refractivity contribution is -0.122. The summed E-state index contributed by atoms with van der Waals surface area (Å²) in [5.41, 5.74) is 2.23. The summed E-state index contributed by atoms with van der Waals surface area (Å²) < 4.78 is 4.66. The molecular weight excluding hydrogens is 374 g/mol. The molecule has 0 radical (unpaired) electrons. The van der Waals surface area contributed by atoms with Crippen LogP contribution in [0.15, 0.2) is 48.5 Å². The van der Waals surface area contributed by atoms with Crippen LogP contribution >= 0.6 is 0 Å². The van der Waals surface area contributed by atoms with Crippen molar-refractivity contribution in [2.45, 2.75) is 13.3 Å². The van der Waals surface area contributed by atoms with Gasteiger partial charge in [0.05, 0.1) is 18.6 Å². The lowest BCUT2D eigenvalue weighted by Crippen LogP contribution is -2.28. The Morgan fingerprint density at radius 3 is 2.10 bits per heavy atom. The normalized spacial score (nSPS) is 15.7. The van der Waals surface area contributed by atoms with Gasteiger partial charge in [0.2, 0.25) is 17.7 Å². The van der Waals surface area contributed by atoms with Crippen molar-refractivity contribution in [1.82, 2.24) is 0 Å². The lowest BCUT2D eigenvalue weighted by Gasteiger charge is -2.17. The molecule has 1 heterocycles. The van der Waals surface area contributed by atoms with Crippen LogP contribution in [0.4, 0.5) is 17.1 Å². The molecule has 1 aliphatic rings. The smallest absolute Gasteiger partial charge is 0.337 e. The van der Waals surface area contributed by atoms with Crippen molar-refractivity contribution < 1.29 is 23.9 Å². The fourth-order valence-corrected chi connectivity index (χ4v) is 3.11. The predicted molar refractivity (Wildman–Crippen MR) is 108 cm³/mol. The van der Waals surface area contributed by atoms with Crippen molar-refractivity contribution in [3.05, 3.63) is 54.1 Å². The van der Waals surface area contributed by atoms with Gasteiger partial charge in [-0.15, -0.1) is 0 Å². The van der Waals surface area contributed by atoms with Gasteiger partial charge in [-0.2, -0.15) is 0 Å². The molecule has 8 heteroatoms. The van der Waals surface area contributed by atoms with Gasteiger partial charge in [-0.1, -0.05) is 0 Å². The van der Waals surface area contributed by atoms with Crippen LogP contribution in [0, 0.1) is 5.92 Å². The summed E-state index contributed by atoms with van der Waals surface area (Å²) >= 11 is 0. The zero-order chi connectivity index (χ0) is 21.0. The van der Waals surface area contributed by atoms with Gasteiger partial charge in [-0.25, -0.2) is 4.79 Å². The van der Waals surface area contributed by atoms with Gasteiger partial charge in [-0.3, -0.25) is 14.4 Å². The SMILES string of the molecule is COC(=O)c1ccc(N2CC(C(=O)Nc3ccc(NC(C)=O)cc3)CC2=O)cc1. The second-order valence-electron chi connectivity index (χ2n) is 6.69. The molecule has 2 aromatic carbocycles. The van der Waals surface area contributed by atoms with Crippen molar-refractivity contribution in [2.75, 3.05) is 29.2 Å². The van der Waals surface area contributed by atoms with E-state index in [9.17, 15) is 19.2 Å².